The van der Waals surface area contributed by atoms with Crippen molar-refractivity contribution in [1.29, 1.82) is 0 Å². The normalized spacial score (nSPS) is 30.4. The van der Waals surface area contributed by atoms with E-state index in [0.717, 1.165) is 11.3 Å². The Hall–Kier alpha value is -2.43. The zero-order valence-corrected chi connectivity index (χ0v) is 14.9. The number of para-hydroxylation sites is 1. The number of carbonyl (C=O) groups is 3. The molecule has 0 saturated carbocycles. The van der Waals surface area contributed by atoms with Gasteiger partial charge in [0.1, 0.15) is 6.04 Å². The lowest BCUT2D eigenvalue weighted by Gasteiger charge is -2.38. The van der Waals surface area contributed by atoms with Crippen LogP contribution in [0.2, 0.25) is 0 Å². The maximum atomic E-state index is 13.3. The van der Waals surface area contributed by atoms with Crippen LogP contribution in [-0.2, 0) is 14.4 Å². The van der Waals surface area contributed by atoms with Crippen LogP contribution < -0.4 is 4.90 Å². The molecule has 0 unspecified atom stereocenters. The van der Waals surface area contributed by atoms with Gasteiger partial charge in [-0.05, 0) is 11.6 Å². The van der Waals surface area contributed by atoms with Crippen LogP contribution >= 0.6 is 0 Å². The Morgan fingerprint density at radius 2 is 1.68 bits per heavy atom. The molecule has 25 heavy (non-hydrogen) atoms. The summed E-state index contributed by atoms with van der Waals surface area (Å²) in [5.41, 5.74) is 1.35. The number of rotatable bonds is 1. The highest BCUT2D eigenvalue weighted by atomic mass is 16.2. The van der Waals surface area contributed by atoms with E-state index < -0.39 is 23.3 Å². The van der Waals surface area contributed by atoms with Crippen molar-refractivity contribution in [2.24, 2.45) is 17.3 Å². The Kier molecular flexibility index (Phi) is 3.24. The number of ketones is 1. The van der Waals surface area contributed by atoms with Gasteiger partial charge >= 0.3 is 0 Å². The Morgan fingerprint density at radius 1 is 1.04 bits per heavy atom. The first kappa shape index (κ1) is 16.1. The van der Waals surface area contributed by atoms with Gasteiger partial charge in [-0.25, -0.2) is 0 Å². The zero-order chi connectivity index (χ0) is 18.1. The average Bonchev–Trinajstić information content (AvgIpc) is 3.03. The lowest BCUT2D eigenvalue weighted by molar-refractivity contribution is -0.140. The van der Waals surface area contributed by atoms with Gasteiger partial charge in [-0.3, -0.25) is 19.3 Å². The summed E-state index contributed by atoms with van der Waals surface area (Å²) in [6, 6.07) is 6.97. The molecule has 130 valence electrons. The molecule has 0 aromatic heterocycles. The third-order valence-corrected chi connectivity index (χ3v) is 5.64. The van der Waals surface area contributed by atoms with Gasteiger partial charge < -0.3 is 4.90 Å². The smallest absolute Gasteiger partial charge is 0.235 e. The van der Waals surface area contributed by atoms with E-state index in [2.05, 4.69) is 0 Å². The van der Waals surface area contributed by atoms with Gasteiger partial charge in [-0.1, -0.05) is 51.1 Å². The second-order valence-electron chi connectivity index (χ2n) is 8.16. The van der Waals surface area contributed by atoms with E-state index in [9.17, 15) is 14.4 Å². The predicted molar refractivity (Wildman–Crippen MR) is 94.8 cm³/mol. The Bertz CT molecular complexity index is 820. The number of hydrogen-bond donors (Lipinski definition) is 0. The first-order valence-electron chi connectivity index (χ1n) is 8.65. The molecule has 5 heteroatoms. The number of imide groups is 1. The number of fused-ring (bicyclic) bond motifs is 5. The molecule has 0 aliphatic carbocycles. The number of carbonyl (C=O) groups excluding carboxylic acids is 3. The number of likely N-dealkylation sites (tertiary alicyclic amines) is 1. The Labute approximate surface area is 147 Å². The molecule has 4 atom stereocenters. The maximum absolute atomic E-state index is 13.3. The highest BCUT2D eigenvalue weighted by Gasteiger charge is 2.63. The molecule has 0 N–H and O–H groups in total. The topological polar surface area (TPSA) is 57.7 Å². The third kappa shape index (κ3) is 2.04. The molecule has 3 heterocycles. The van der Waals surface area contributed by atoms with Gasteiger partial charge in [0, 0.05) is 18.2 Å². The summed E-state index contributed by atoms with van der Waals surface area (Å²) >= 11 is 0. The van der Waals surface area contributed by atoms with E-state index in [-0.39, 0.29) is 23.6 Å². The van der Waals surface area contributed by atoms with E-state index >= 15 is 0 Å². The molecule has 2 saturated heterocycles. The van der Waals surface area contributed by atoms with E-state index in [4.69, 9.17) is 0 Å². The molecule has 2 amide bonds. The van der Waals surface area contributed by atoms with Gasteiger partial charge in [0.05, 0.1) is 17.9 Å². The summed E-state index contributed by atoms with van der Waals surface area (Å²) in [5.74, 6) is -1.51. The molecule has 0 spiro atoms. The minimum Gasteiger partial charge on any atom is -0.353 e. The number of Topliss-reactive ketones (excluding diaryl/α,β-unsaturated/α-hetero) is 1. The minimum absolute atomic E-state index is 0.00607. The maximum Gasteiger partial charge on any atom is 0.235 e. The summed E-state index contributed by atoms with van der Waals surface area (Å²) < 4.78 is 0. The van der Waals surface area contributed by atoms with Crippen molar-refractivity contribution in [2.75, 3.05) is 11.9 Å². The molecule has 1 aromatic carbocycles. The summed E-state index contributed by atoms with van der Waals surface area (Å²) in [5, 5.41) is 0. The van der Waals surface area contributed by atoms with Gasteiger partial charge in [0.15, 0.2) is 5.78 Å². The van der Waals surface area contributed by atoms with Crippen molar-refractivity contribution in [2.45, 2.75) is 32.9 Å². The number of anilines is 1. The second kappa shape index (κ2) is 5.04. The van der Waals surface area contributed by atoms with Gasteiger partial charge in [0.2, 0.25) is 11.8 Å². The number of hydrogen-bond acceptors (Lipinski definition) is 4. The van der Waals surface area contributed by atoms with E-state index in [0.29, 0.717) is 0 Å². The van der Waals surface area contributed by atoms with Crippen LogP contribution in [0.15, 0.2) is 30.3 Å². The quantitative estimate of drug-likeness (QED) is 0.736. The van der Waals surface area contributed by atoms with Gasteiger partial charge in [-0.15, -0.1) is 0 Å². The molecule has 3 aliphatic rings. The average molecular weight is 338 g/mol. The molecule has 3 aliphatic heterocycles. The molecule has 5 nitrogen and oxygen atoms in total. The lowest BCUT2D eigenvalue weighted by atomic mass is 9.79. The zero-order valence-electron chi connectivity index (χ0n) is 14.9. The van der Waals surface area contributed by atoms with Gasteiger partial charge in [-0.2, -0.15) is 0 Å². The number of nitrogens with zero attached hydrogens (tertiary/aromatic N) is 2. The summed E-state index contributed by atoms with van der Waals surface area (Å²) in [7, 11) is 1.52. The monoisotopic (exact) mass is 338 g/mol. The minimum atomic E-state index is -0.609. The molecule has 2 fully saturated rings. The Morgan fingerprint density at radius 3 is 2.36 bits per heavy atom. The molecule has 1 aromatic rings. The largest absolute Gasteiger partial charge is 0.353 e. The molecule has 0 radical (unpaired) electrons. The molecular weight excluding hydrogens is 316 g/mol. The molecular formula is C20H22N2O3. The van der Waals surface area contributed by atoms with E-state index in [1.165, 1.54) is 11.9 Å². The highest BCUT2D eigenvalue weighted by Crippen LogP contribution is 2.49. The van der Waals surface area contributed by atoms with Gasteiger partial charge in [0.25, 0.3) is 0 Å². The van der Waals surface area contributed by atoms with Crippen molar-refractivity contribution in [3.05, 3.63) is 35.9 Å². The Balaban J connectivity index is 1.91. The van der Waals surface area contributed by atoms with Crippen LogP contribution in [0.3, 0.4) is 0 Å². The second-order valence-corrected chi connectivity index (χ2v) is 8.16. The van der Waals surface area contributed by atoms with E-state index in [1.807, 2.05) is 62.1 Å². The van der Waals surface area contributed by atoms with Crippen LogP contribution in [0.5, 0.6) is 0 Å². The van der Waals surface area contributed by atoms with Crippen molar-refractivity contribution >= 4 is 29.4 Å². The third-order valence-electron chi connectivity index (χ3n) is 5.64. The van der Waals surface area contributed by atoms with Crippen LogP contribution in [0, 0.1) is 17.3 Å². The fourth-order valence-corrected chi connectivity index (χ4v) is 4.41. The van der Waals surface area contributed by atoms with Crippen LogP contribution in [0.4, 0.5) is 5.69 Å². The van der Waals surface area contributed by atoms with Crippen LogP contribution in [0.1, 0.15) is 26.3 Å². The lowest BCUT2D eigenvalue weighted by Crippen LogP contribution is -2.51. The van der Waals surface area contributed by atoms with Crippen LogP contribution in [-0.4, -0.2) is 41.6 Å². The first-order valence-corrected chi connectivity index (χ1v) is 8.65. The number of benzene rings is 1. The predicted octanol–water partition coefficient (Wildman–Crippen LogP) is 2.12. The van der Waals surface area contributed by atoms with Crippen molar-refractivity contribution in [3.8, 4) is 0 Å². The standard InChI is InChI=1S/C20H22N2O3/c1-20(2,3)17(23)16-15-14(18(24)21(4)19(15)25)13-10-9-11-7-5-6-8-12(11)22(13)16/h5-10,13-16H,1-4H3/t13-,14-,15-,16-/m1/s1. The first-order chi connectivity index (χ1) is 11.7. The molecule has 4 rings (SSSR count). The van der Waals surface area contributed by atoms with Crippen LogP contribution in [0.25, 0.3) is 6.08 Å². The number of amides is 2. The SMILES string of the molecule is CN1C(=O)[C@@H]2[C@H](C1=O)[C@H]1C=Cc3ccccc3N1[C@H]2C(=O)C(C)(C)C. The van der Waals surface area contributed by atoms with E-state index in [1.54, 1.807) is 0 Å². The fourth-order valence-electron chi connectivity index (χ4n) is 4.41. The summed E-state index contributed by atoms with van der Waals surface area (Å²) in [6.07, 6.45) is 3.97. The summed E-state index contributed by atoms with van der Waals surface area (Å²) in [4.78, 5) is 42.0. The highest BCUT2D eigenvalue weighted by molar-refractivity contribution is 6.11. The van der Waals surface area contributed by atoms with Crippen molar-refractivity contribution in [1.82, 2.24) is 4.90 Å². The van der Waals surface area contributed by atoms with Crippen molar-refractivity contribution in [3.63, 3.8) is 0 Å². The fraction of sp³-hybridized carbons (Fsp3) is 0.450. The van der Waals surface area contributed by atoms with Crippen molar-refractivity contribution < 1.29 is 14.4 Å². The summed E-state index contributed by atoms with van der Waals surface area (Å²) in [6.45, 7) is 5.61. The molecule has 0 bridgehead atoms.